The smallest absolute Gasteiger partial charge is 0.126 e. The molecule has 0 aliphatic carbocycles. The molecule has 2 heteroatoms. The van der Waals surface area contributed by atoms with Gasteiger partial charge in [0.15, 0.2) is 0 Å². The van der Waals surface area contributed by atoms with Crippen molar-refractivity contribution in [2.75, 3.05) is 7.11 Å². The highest BCUT2D eigenvalue weighted by Crippen LogP contribution is 2.18. The van der Waals surface area contributed by atoms with Crippen molar-refractivity contribution in [3.05, 3.63) is 54.1 Å². The number of hydrogen-bond acceptors (Lipinski definition) is 1. The van der Waals surface area contributed by atoms with E-state index in [1.54, 1.807) is 7.11 Å². The number of hydrogen-bond donors (Lipinski definition) is 0. The topological polar surface area (TPSA) is 9.23 Å². The Labute approximate surface area is 98.2 Å². The van der Waals surface area contributed by atoms with Crippen LogP contribution in [0.3, 0.4) is 0 Å². The first kappa shape index (κ1) is 11.2. The van der Waals surface area contributed by atoms with E-state index in [1.165, 1.54) is 16.2 Å². The normalized spacial score (nSPS) is 10.9. The van der Waals surface area contributed by atoms with Crippen LogP contribution in [0.15, 0.2) is 48.5 Å². The SMILES string of the molecule is COc1ccccc1Pc1ccc(C)cc1. The Balaban J connectivity index is 2.23. The molecule has 82 valence electrons. The zero-order valence-corrected chi connectivity index (χ0v) is 10.5. The van der Waals surface area contributed by atoms with Gasteiger partial charge in [-0.3, -0.25) is 0 Å². The van der Waals surface area contributed by atoms with Crippen LogP contribution >= 0.6 is 8.58 Å². The number of benzene rings is 2. The summed E-state index contributed by atoms with van der Waals surface area (Å²) in [6.07, 6.45) is 0. The minimum Gasteiger partial charge on any atom is -0.496 e. The standard InChI is InChI=1S/C14H15OP/c1-11-7-9-12(10-8-11)16-14-6-4-3-5-13(14)15-2/h3-10,16H,1-2H3. The van der Waals surface area contributed by atoms with Gasteiger partial charge in [-0.1, -0.05) is 56.6 Å². The van der Waals surface area contributed by atoms with Gasteiger partial charge in [-0.15, -0.1) is 0 Å². The van der Waals surface area contributed by atoms with E-state index >= 15 is 0 Å². The molecule has 0 radical (unpaired) electrons. The van der Waals surface area contributed by atoms with Gasteiger partial charge in [-0.05, 0) is 18.3 Å². The number of rotatable bonds is 3. The van der Waals surface area contributed by atoms with Crippen LogP contribution in [0.5, 0.6) is 5.75 Å². The Morgan fingerprint density at radius 1 is 0.938 bits per heavy atom. The molecule has 0 aliphatic rings. The minimum absolute atomic E-state index is 0.654. The zero-order chi connectivity index (χ0) is 11.4. The van der Waals surface area contributed by atoms with Gasteiger partial charge in [0.25, 0.3) is 0 Å². The van der Waals surface area contributed by atoms with E-state index in [2.05, 4.69) is 43.3 Å². The summed E-state index contributed by atoms with van der Waals surface area (Å²) in [7, 11) is 2.37. The molecule has 0 fully saturated rings. The Kier molecular flexibility index (Phi) is 3.58. The monoisotopic (exact) mass is 230 g/mol. The van der Waals surface area contributed by atoms with Crippen LogP contribution in [0, 0.1) is 6.92 Å². The van der Waals surface area contributed by atoms with Crippen LogP contribution in [0.4, 0.5) is 0 Å². The fourth-order valence-electron chi connectivity index (χ4n) is 1.54. The van der Waals surface area contributed by atoms with Crippen LogP contribution in [-0.2, 0) is 0 Å². The third-order valence-electron chi connectivity index (χ3n) is 2.44. The summed E-state index contributed by atoms with van der Waals surface area (Å²) in [6.45, 7) is 2.11. The van der Waals surface area contributed by atoms with Crippen molar-refractivity contribution >= 4 is 19.2 Å². The maximum atomic E-state index is 5.35. The molecule has 0 aliphatic heterocycles. The van der Waals surface area contributed by atoms with Crippen molar-refractivity contribution in [1.82, 2.24) is 0 Å². The molecule has 0 heterocycles. The Morgan fingerprint density at radius 2 is 1.62 bits per heavy atom. The van der Waals surface area contributed by atoms with E-state index in [1.807, 2.05) is 12.1 Å². The Morgan fingerprint density at radius 3 is 2.31 bits per heavy atom. The molecule has 0 aromatic heterocycles. The Bertz CT molecular complexity index is 462. The van der Waals surface area contributed by atoms with Gasteiger partial charge in [0.05, 0.1) is 7.11 Å². The lowest BCUT2D eigenvalue weighted by Gasteiger charge is -2.08. The van der Waals surface area contributed by atoms with E-state index in [-0.39, 0.29) is 0 Å². The van der Waals surface area contributed by atoms with Gasteiger partial charge in [-0.2, -0.15) is 0 Å². The molecular formula is C14H15OP. The van der Waals surface area contributed by atoms with Crippen LogP contribution in [0.25, 0.3) is 0 Å². The van der Waals surface area contributed by atoms with Gasteiger partial charge < -0.3 is 4.74 Å². The van der Waals surface area contributed by atoms with Crippen molar-refractivity contribution in [1.29, 1.82) is 0 Å². The van der Waals surface area contributed by atoms with Gasteiger partial charge in [0, 0.05) is 5.30 Å². The van der Waals surface area contributed by atoms with Gasteiger partial charge in [-0.25, -0.2) is 0 Å². The molecule has 0 saturated carbocycles. The van der Waals surface area contributed by atoms with E-state index < -0.39 is 0 Å². The maximum Gasteiger partial charge on any atom is 0.126 e. The first-order valence-electron chi connectivity index (χ1n) is 5.26. The van der Waals surface area contributed by atoms with Crippen molar-refractivity contribution < 1.29 is 4.74 Å². The fourth-order valence-corrected chi connectivity index (χ4v) is 2.67. The Hall–Kier alpha value is -1.33. The number of para-hydroxylation sites is 1. The molecular weight excluding hydrogens is 215 g/mol. The summed E-state index contributed by atoms with van der Waals surface area (Å²) in [5.41, 5.74) is 1.30. The molecule has 1 nitrogen and oxygen atoms in total. The molecule has 0 amide bonds. The van der Waals surface area contributed by atoms with Crippen LogP contribution in [0.1, 0.15) is 5.56 Å². The lowest BCUT2D eigenvalue weighted by atomic mass is 10.2. The van der Waals surface area contributed by atoms with E-state index in [0.717, 1.165) is 5.75 Å². The molecule has 0 saturated heterocycles. The van der Waals surface area contributed by atoms with Crippen molar-refractivity contribution in [2.45, 2.75) is 6.92 Å². The molecule has 0 N–H and O–H groups in total. The van der Waals surface area contributed by atoms with Gasteiger partial charge >= 0.3 is 0 Å². The number of aryl methyl sites for hydroxylation is 1. The average Bonchev–Trinajstić information content (AvgIpc) is 2.33. The molecule has 1 atom stereocenters. The molecule has 1 unspecified atom stereocenters. The van der Waals surface area contributed by atoms with Gasteiger partial charge in [0.2, 0.25) is 0 Å². The highest BCUT2D eigenvalue weighted by atomic mass is 31.1. The molecule has 2 rings (SSSR count). The van der Waals surface area contributed by atoms with Crippen molar-refractivity contribution in [3.8, 4) is 5.75 Å². The first-order valence-corrected chi connectivity index (χ1v) is 6.26. The third-order valence-corrected chi connectivity index (χ3v) is 3.74. The summed E-state index contributed by atoms with van der Waals surface area (Å²) < 4.78 is 5.35. The van der Waals surface area contributed by atoms with Crippen molar-refractivity contribution in [3.63, 3.8) is 0 Å². The lowest BCUT2D eigenvalue weighted by molar-refractivity contribution is 0.418. The number of ether oxygens (including phenoxy) is 1. The molecule has 2 aromatic rings. The van der Waals surface area contributed by atoms with E-state index in [9.17, 15) is 0 Å². The average molecular weight is 230 g/mol. The quantitative estimate of drug-likeness (QED) is 0.736. The first-order chi connectivity index (χ1) is 7.79. The lowest BCUT2D eigenvalue weighted by Crippen LogP contribution is -2.06. The predicted molar refractivity (Wildman–Crippen MR) is 71.8 cm³/mol. The van der Waals surface area contributed by atoms with Crippen LogP contribution < -0.4 is 15.3 Å². The second kappa shape index (κ2) is 5.14. The molecule has 16 heavy (non-hydrogen) atoms. The second-order valence-corrected chi connectivity index (χ2v) is 5.06. The van der Waals surface area contributed by atoms with Gasteiger partial charge in [0.1, 0.15) is 5.75 Å². The summed E-state index contributed by atoms with van der Waals surface area (Å²) in [5.74, 6) is 0.974. The molecule has 0 bridgehead atoms. The van der Waals surface area contributed by atoms with Crippen LogP contribution in [0.2, 0.25) is 0 Å². The van der Waals surface area contributed by atoms with E-state index in [0.29, 0.717) is 8.58 Å². The summed E-state index contributed by atoms with van der Waals surface area (Å²) in [5, 5.41) is 2.60. The highest BCUT2D eigenvalue weighted by molar-refractivity contribution is 7.55. The van der Waals surface area contributed by atoms with E-state index in [4.69, 9.17) is 4.74 Å². The fraction of sp³-hybridized carbons (Fsp3) is 0.143. The summed E-state index contributed by atoms with van der Waals surface area (Å²) >= 11 is 0. The maximum absolute atomic E-state index is 5.35. The minimum atomic E-state index is 0.654. The summed E-state index contributed by atoms with van der Waals surface area (Å²) in [6, 6.07) is 16.9. The molecule has 0 spiro atoms. The second-order valence-electron chi connectivity index (χ2n) is 3.69. The van der Waals surface area contributed by atoms with Crippen LogP contribution in [-0.4, -0.2) is 7.11 Å². The third kappa shape index (κ3) is 2.62. The number of methoxy groups -OCH3 is 1. The predicted octanol–water partition coefficient (Wildman–Crippen LogP) is 2.63. The summed E-state index contributed by atoms with van der Waals surface area (Å²) in [4.78, 5) is 0. The zero-order valence-electron chi connectivity index (χ0n) is 9.53. The van der Waals surface area contributed by atoms with Crippen molar-refractivity contribution in [2.24, 2.45) is 0 Å². The largest absolute Gasteiger partial charge is 0.496 e. The highest BCUT2D eigenvalue weighted by Gasteiger charge is 2.02. The molecule has 2 aromatic carbocycles.